The SMILES string of the molecule is CNN1CCC(NC)(NC)C1=Nc1ccccc1CN1CCOCC1. The Hall–Kier alpha value is -1.51. The van der Waals surface area contributed by atoms with Crippen LogP contribution in [0.2, 0.25) is 0 Å². The van der Waals surface area contributed by atoms with Gasteiger partial charge in [-0.2, -0.15) is 0 Å². The van der Waals surface area contributed by atoms with E-state index in [-0.39, 0.29) is 5.66 Å². The summed E-state index contributed by atoms with van der Waals surface area (Å²) in [6.45, 7) is 5.39. The number of hydrogen-bond donors (Lipinski definition) is 3. The van der Waals surface area contributed by atoms with E-state index < -0.39 is 0 Å². The molecule has 2 aliphatic rings. The van der Waals surface area contributed by atoms with Gasteiger partial charge in [0.25, 0.3) is 0 Å². The number of para-hydroxylation sites is 1. The van der Waals surface area contributed by atoms with Crippen LogP contribution in [0, 0.1) is 0 Å². The molecule has 0 unspecified atom stereocenters. The zero-order chi connectivity index (χ0) is 17.7. The third kappa shape index (κ3) is 3.86. The first-order valence-electron chi connectivity index (χ1n) is 9.02. The Balaban J connectivity index is 1.90. The van der Waals surface area contributed by atoms with Crippen molar-refractivity contribution in [2.24, 2.45) is 4.99 Å². The molecule has 0 spiro atoms. The third-order valence-corrected chi connectivity index (χ3v) is 5.19. The minimum Gasteiger partial charge on any atom is -0.379 e. The quantitative estimate of drug-likeness (QED) is 0.653. The smallest absolute Gasteiger partial charge is 0.154 e. The second-order valence-corrected chi connectivity index (χ2v) is 6.48. The molecule has 0 bridgehead atoms. The van der Waals surface area contributed by atoms with Crippen molar-refractivity contribution in [2.75, 3.05) is 54.0 Å². The molecule has 2 saturated heterocycles. The summed E-state index contributed by atoms with van der Waals surface area (Å²) < 4.78 is 5.46. The number of likely N-dealkylation sites (N-methyl/N-ethyl adjacent to an activating group) is 2. The van der Waals surface area contributed by atoms with Gasteiger partial charge in [0.05, 0.1) is 18.9 Å². The third-order valence-electron chi connectivity index (χ3n) is 5.19. The van der Waals surface area contributed by atoms with E-state index in [2.05, 4.69) is 50.2 Å². The maximum Gasteiger partial charge on any atom is 0.154 e. The Morgan fingerprint density at radius 3 is 2.48 bits per heavy atom. The fourth-order valence-electron chi connectivity index (χ4n) is 3.57. The van der Waals surface area contributed by atoms with Gasteiger partial charge in [-0.05, 0) is 25.7 Å². The Morgan fingerprint density at radius 1 is 1.08 bits per heavy atom. The van der Waals surface area contributed by atoms with Crippen molar-refractivity contribution in [3.05, 3.63) is 29.8 Å². The molecule has 138 valence electrons. The van der Waals surface area contributed by atoms with E-state index in [9.17, 15) is 0 Å². The summed E-state index contributed by atoms with van der Waals surface area (Å²) in [6, 6.07) is 8.42. The molecule has 3 N–H and O–H groups in total. The first-order valence-corrected chi connectivity index (χ1v) is 9.02. The molecule has 2 heterocycles. The number of hydrazine groups is 1. The van der Waals surface area contributed by atoms with Crippen molar-refractivity contribution < 1.29 is 4.74 Å². The number of nitrogens with zero attached hydrogens (tertiary/aromatic N) is 3. The van der Waals surface area contributed by atoms with Crippen molar-refractivity contribution >= 4 is 11.5 Å². The fraction of sp³-hybridized carbons (Fsp3) is 0.611. The molecule has 0 saturated carbocycles. The second-order valence-electron chi connectivity index (χ2n) is 6.48. The molecule has 25 heavy (non-hydrogen) atoms. The van der Waals surface area contributed by atoms with Crippen molar-refractivity contribution in [2.45, 2.75) is 18.6 Å². The summed E-state index contributed by atoms with van der Waals surface area (Å²) in [7, 11) is 5.90. The lowest BCUT2D eigenvalue weighted by molar-refractivity contribution is 0.0342. The highest BCUT2D eigenvalue weighted by atomic mass is 16.5. The van der Waals surface area contributed by atoms with Crippen LogP contribution in [0.15, 0.2) is 29.3 Å². The van der Waals surface area contributed by atoms with E-state index in [4.69, 9.17) is 9.73 Å². The zero-order valence-corrected chi connectivity index (χ0v) is 15.5. The minimum absolute atomic E-state index is 0.310. The van der Waals surface area contributed by atoms with E-state index in [1.54, 1.807) is 0 Å². The van der Waals surface area contributed by atoms with Gasteiger partial charge in [-0.25, -0.2) is 10.4 Å². The number of amidine groups is 1. The van der Waals surface area contributed by atoms with Crippen molar-refractivity contribution in [1.29, 1.82) is 0 Å². The topological polar surface area (TPSA) is 64.2 Å². The Bertz CT molecular complexity index is 595. The van der Waals surface area contributed by atoms with E-state index in [0.717, 1.165) is 57.3 Å². The average Bonchev–Trinajstić information content (AvgIpc) is 3.02. The van der Waals surface area contributed by atoms with Crippen LogP contribution in [0.3, 0.4) is 0 Å². The van der Waals surface area contributed by atoms with Gasteiger partial charge in [-0.15, -0.1) is 0 Å². The molecule has 3 rings (SSSR count). The first kappa shape index (κ1) is 18.3. The second kappa shape index (κ2) is 8.25. The van der Waals surface area contributed by atoms with Crippen LogP contribution in [0.5, 0.6) is 0 Å². The number of rotatable bonds is 6. The Morgan fingerprint density at radius 2 is 1.80 bits per heavy atom. The van der Waals surface area contributed by atoms with Gasteiger partial charge in [-0.3, -0.25) is 20.5 Å². The van der Waals surface area contributed by atoms with E-state index in [1.807, 2.05) is 21.1 Å². The fourth-order valence-corrected chi connectivity index (χ4v) is 3.57. The average molecular weight is 346 g/mol. The summed E-state index contributed by atoms with van der Waals surface area (Å²) in [4.78, 5) is 7.50. The molecule has 7 nitrogen and oxygen atoms in total. The predicted molar refractivity (Wildman–Crippen MR) is 101 cm³/mol. The molecule has 0 amide bonds. The van der Waals surface area contributed by atoms with Gasteiger partial charge in [0.2, 0.25) is 0 Å². The predicted octanol–water partition coefficient (Wildman–Crippen LogP) is 0.524. The highest BCUT2D eigenvalue weighted by molar-refractivity contribution is 5.95. The Labute approximate surface area is 150 Å². The number of nitrogens with one attached hydrogen (secondary N) is 3. The van der Waals surface area contributed by atoms with Gasteiger partial charge in [0.1, 0.15) is 5.66 Å². The van der Waals surface area contributed by atoms with Crippen LogP contribution < -0.4 is 16.1 Å². The van der Waals surface area contributed by atoms with Crippen molar-refractivity contribution in [3.63, 3.8) is 0 Å². The highest BCUT2D eigenvalue weighted by Crippen LogP contribution is 2.27. The van der Waals surface area contributed by atoms with Crippen LogP contribution in [-0.2, 0) is 11.3 Å². The van der Waals surface area contributed by atoms with E-state index >= 15 is 0 Å². The lowest BCUT2D eigenvalue weighted by Crippen LogP contribution is -2.60. The summed E-state index contributed by atoms with van der Waals surface area (Å²) in [5.74, 6) is 0.981. The molecular formula is C18H30N6O. The van der Waals surface area contributed by atoms with Crippen molar-refractivity contribution in [3.8, 4) is 0 Å². The van der Waals surface area contributed by atoms with Crippen LogP contribution in [-0.4, -0.2) is 75.4 Å². The van der Waals surface area contributed by atoms with Crippen LogP contribution >= 0.6 is 0 Å². The molecule has 1 aromatic rings. The number of ether oxygens (including phenoxy) is 1. The van der Waals surface area contributed by atoms with Gasteiger partial charge in [-0.1, -0.05) is 18.2 Å². The molecule has 0 aromatic heterocycles. The Kier molecular flexibility index (Phi) is 6.03. The first-order chi connectivity index (χ1) is 12.2. The van der Waals surface area contributed by atoms with Gasteiger partial charge in [0.15, 0.2) is 5.84 Å². The van der Waals surface area contributed by atoms with E-state index in [0.29, 0.717) is 0 Å². The van der Waals surface area contributed by atoms with Crippen LogP contribution in [0.4, 0.5) is 5.69 Å². The molecule has 2 aliphatic heterocycles. The molecule has 0 radical (unpaired) electrons. The van der Waals surface area contributed by atoms with Gasteiger partial charge >= 0.3 is 0 Å². The number of aliphatic imine (C=N–C) groups is 1. The van der Waals surface area contributed by atoms with Crippen LogP contribution in [0.1, 0.15) is 12.0 Å². The minimum atomic E-state index is -0.310. The summed E-state index contributed by atoms with van der Waals surface area (Å²) in [5.41, 5.74) is 5.22. The van der Waals surface area contributed by atoms with Crippen LogP contribution in [0.25, 0.3) is 0 Å². The van der Waals surface area contributed by atoms with E-state index in [1.165, 1.54) is 5.56 Å². The molecule has 0 atom stereocenters. The largest absolute Gasteiger partial charge is 0.379 e. The highest BCUT2D eigenvalue weighted by Gasteiger charge is 2.42. The standard InChI is InChI=1S/C18H30N6O/c1-19-18(20-2)8-9-24(21-3)17(18)22-16-7-5-4-6-15(16)14-23-10-12-25-13-11-23/h4-7,19-21H,8-14H2,1-3H3. The summed E-state index contributed by atoms with van der Waals surface area (Å²) in [5, 5.41) is 8.93. The summed E-state index contributed by atoms with van der Waals surface area (Å²) in [6.07, 6.45) is 0.950. The maximum absolute atomic E-state index is 5.46. The van der Waals surface area contributed by atoms with Crippen molar-refractivity contribution in [1.82, 2.24) is 26.0 Å². The molecule has 7 heteroatoms. The monoisotopic (exact) mass is 346 g/mol. The number of hydrogen-bond acceptors (Lipinski definition) is 6. The van der Waals surface area contributed by atoms with Gasteiger partial charge in [0, 0.05) is 39.6 Å². The lowest BCUT2D eigenvalue weighted by Gasteiger charge is -2.31. The molecular weight excluding hydrogens is 316 g/mol. The zero-order valence-electron chi connectivity index (χ0n) is 15.5. The normalized spacial score (nSPS) is 22.7. The summed E-state index contributed by atoms with van der Waals surface area (Å²) >= 11 is 0. The lowest BCUT2D eigenvalue weighted by atomic mass is 10.1. The number of morpholine rings is 1. The number of benzene rings is 1. The molecule has 2 fully saturated rings. The molecule has 1 aromatic carbocycles. The molecule has 0 aliphatic carbocycles. The van der Waals surface area contributed by atoms with Gasteiger partial charge < -0.3 is 4.74 Å². The maximum atomic E-state index is 5.46.